The lowest BCUT2D eigenvalue weighted by molar-refractivity contribution is -0.114. The van der Waals surface area contributed by atoms with Gasteiger partial charge >= 0.3 is 0 Å². The van der Waals surface area contributed by atoms with Crippen molar-refractivity contribution < 1.29 is 9.53 Å². The topological polar surface area (TPSA) is 54.5 Å². The van der Waals surface area contributed by atoms with E-state index >= 15 is 0 Å². The molecule has 0 saturated carbocycles. The van der Waals surface area contributed by atoms with E-state index in [1.807, 2.05) is 55.3 Å². The number of para-hydroxylation sites is 1. The monoisotopic (exact) mass is 355 g/mol. The fourth-order valence-corrected chi connectivity index (χ4v) is 3.49. The van der Waals surface area contributed by atoms with Crippen LogP contribution >= 0.6 is 11.3 Å². The summed E-state index contributed by atoms with van der Waals surface area (Å²) in [6, 6.07) is 11.7. The molecule has 0 radical (unpaired) electrons. The van der Waals surface area contributed by atoms with Gasteiger partial charge in [0.05, 0.1) is 18.4 Å². The van der Waals surface area contributed by atoms with Crippen molar-refractivity contribution in [2.45, 2.75) is 13.8 Å². The Hall–Kier alpha value is -2.60. The van der Waals surface area contributed by atoms with Gasteiger partial charge in [-0.15, -0.1) is 0 Å². The lowest BCUT2D eigenvalue weighted by atomic mass is 10.1. The molecule has 1 N–H and O–H groups in total. The quantitative estimate of drug-likeness (QED) is 0.752. The van der Waals surface area contributed by atoms with Crippen LogP contribution < -0.4 is 15.0 Å². The minimum atomic E-state index is -0.0722. The SMILES string of the molecule is COc1cccc2sc(N(C)CC(=O)Nc3ccc(C)c(C)c3)nc12. The summed E-state index contributed by atoms with van der Waals surface area (Å²) in [6.07, 6.45) is 0. The van der Waals surface area contributed by atoms with Crippen molar-refractivity contribution >= 4 is 38.3 Å². The van der Waals surface area contributed by atoms with Crippen LogP contribution in [-0.4, -0.2) is 31.6 Å². The zero-order chi connectivity index (χ0) is 18.0. The molecule has 0 fully saturated rings. The van der Waals surface area contributed by atoms with Crippen molar-refractivity contribution in [2.75, 3.05) is 30.9 Å². The Morgan fingerprint density at radius 1 is 1.24 bits per heavy atom. The Morgan fingerprint density at radius 2 is 2.04 bits per heavy atom. The summed E-state index contributed by atoms with van der Waals surface area (Å²) >= 11 is 1.54. The number of amides is 1. The Bertz CT molecular complexity index is 920. The molecule has 6 heteroatoms. The van der Waals surface area contributed by atoms with E-state index < -0.39 is 0 Å². The lowest BCUT2D eigenvalue weighted by Crippen LogP contribution is -2.29. The second kappa shape index (κ2) is 7.11. The molecule has 5 nitrogen and oxygen atoms in total. The summed E-state index contributed by atoms with van der Waals surface area (Å²) in [5.74, 6) is 0.671. The van der Waals surface area contributed by atoms with Crippen molar-refractivity contribution in [2.24, 2.45) is 0 Å². The minimum Gasteiger partial charge on any atom is -0.494 e. The highest BCUT2D eigenvalue weighted by molar-refractivity contribution is 7.22. The fraction of sp³-hybridized carbons (Fsp3) is 0.263. The molecule has 0 atom stereocenters. The summed E-state index contributed by atoms with van der Waals surface area (Å²) in [4.78, 5) is 18.8. The number of hydrogen-bond donors (Lipinski definition) is 1. The van der Waals surface area contributed by atoms with Gasteiger partial charge in [0, 0.05) is 12.7 Å². The number of fused-ring (bicyclic) bond motifs is 1. The summed E-state index contributed by atoms with van der Waals surface area (Å²) in [7, 11) is 3.50. The van der Waals surface area contributed by atoms with Crippen molar-refractivity contribution in [1.82, 2.24) is 4.98 Å². The minimum absolute atomic E-state index is 0.0722. The van der Waals surface area contributed by atoms with E-state index in [9.17, 15) is 4.79 Å². The van der Waals surface area contributed by atoms with Crippen LogP contribution in [0.3, 0.4) is 0 Å². The van der Waals surface area contributed by atoms with Gasteiger partial charge < -0.3 is 15.0 Å². The smallest absolute Gasteiger partial charge is 0.243 e. The first-order chi connectivity index (χ1) is 12.0. The summed E-state index contributed by atoms with van der Waals surface area (Å²) < 4.78 is 6.39. The molecule has 1 amide bonds. The number of likely N-dealkylation sites (N-methyl/N-ethyl adjacent to an activating group) is 1. The number of anilines is 2. The predicted molar refractivity (Wildman–Crippen MR) is 104 cm³/mol. The number of carbonyl (C=O) groups is 1. The van der Waals surface area contributed by atoms with Crippen molar-refractivity contribution in [3.8, 4) is 5.75 Å². The first-order valence-electron chi connectivity index (χ1n) is 7.99. The van der Waals surface area contributed by atoms with Crippen molar-refractivity contribution in [1.29, 1.82) is 0 Å². The van der Waals surface area contributed by atoms with Gasteiger partial charge in [-0.2, -0.15) is 0 Å². The molecule has 1 aromatic heterocycles. The molecule has 130 valence electrons. The molecule has 0 aliphatic heterocycles. The third-order valence-corrected chi connectivity index (χ3v) is 5.22. The van der Waals surface area contributed by atoms with Crippen LogP contribution in [0.1, 0.15) is 11.1 Å². The zero-order valence-electron chi connectivity index (χ0n) is 14.8. The average Bonchev–Trinajstić information content (AvgIpc) is 3.02. The average molecular weight is 355 g/mol. The molecule has 0 saturated heterocycles. The Balaban J connectivity index is 1.72. The molecule has 3 rings (SSSR count). The van der Waals surface area contributed by atoms with Crippen LogP contribution in [0.4, 0.5) is 10.8 Å². The molecule has 0 aliphatic carbocycles. The number of aryl methyl sites for hydroxylation is 2. The van der Waals surface area contributed by atoms with Crippen LogP contribution in [0.5, 0.6) is 5.75 Å². The van der Waals surface area contributed by atoms with E-state index in [0.29, 0.717) is 0 Å². The number of hydrogen-bond acceptors (Lipinski definition) is 5. The number of benzene rings is 2. The largest absolute Gasteiger partial charge is 0.494 e. The first kappa shape index (κ1) is 17.2. The molecule has 0 spiro atoms. The van der Waals surface area contributed by atoms with Crippen LogP contribution in [0.25, 0.3) is 10.2 Å². The number of aromatic nitrogens is 1. The lowest BCUT2D eigenvalue weighted by Gasteiger charge is -2.15. The van der Waals surface area contributed by atoms with E-state index in [0.717, 1.165) is 32.3 Å². The molecule has 0 bridgehead atoms. The van der Waals surface area contributed by atoms with Crippen molar-refractivity contribution in [3.63, 3.8) is 0 Å². The van der Waals surface area contributed by atoms with E-state index in [-0.39, 0.29) is 12.5 Å². The van der Waals surface area contributed by atoms with E-state index in [4.69, 9.17) is 4.74 Å². The predicted octanol–water partition coefficient (Wildman–Crippen LogP) is 4.00. The number of thiazole rings is 1. The Morgan fingerprint density at radius 3 is 2.76 bits per heavy atom. The van der Waals surface area contributed by atoms with Crippen molar-refractivity contribution in [3.05, 3.63) is 47.5 Å². The molecule has 0 unspecified atom stereocenters. The summed E-state index contributed by atoms with van der Waals surface area (Å²) in [5.41, 5.74) is 4.00. The van der Waals surface area contributed by atoms with Crippen LogP contribution in [-0.2, 0) is 4.79 Å². The highest BCUT2D eigenvalue weighted by Crippen LogP contribution is 2.33. The fourth-order valence-electron chi connectivity index (χ4n) is 2.54. The second-order valence-corrected chi connectivity index (χ2v) is 7.02. The molecular weight excluding hydrogens is 334 g/mol. The molecule has 25 heavy (non-hydrogen) atoms. The van der Waals surface area contributed by atoms with Gasteiger partial charge in [-0.25, -0.2) is 4.98 Å². The van der Waals surface area contributed by atoms with Crippen LogP contribution in [0.2, 0.25) is 0 Å². The van der Waals surface area contributed by atoms with Gasteiger partial charge in [-0.1, -0.05) is 23.5 Å². The van der Waals surface area contributed by atoms with Crippen LogP contribution in [0.15, 0.2) is 36.4 Å². The standard InChI is InChI=1S/C19H21N3O2S/c1-12-8-9-14(10-13(12)2)20-17(23)11-22(3)19-21-18-15(24-4)6-5-7-16(18)25-19/h5-10H,11H2,1-4H3,(H,20,23). The summed E-state index contributed by atoms with van der Waals surface area (Å²) in [5, 5.41) is 3.73. The van der Waals surface area contributed by atoms with Gasteiger partial charge in [0.15, 0.2) is 5.13 Å². The normalized spacial score (nSPS) is 10.7. The van der Waals surface area contributed by atoms with Gasteiger partial charge in [-0.3, -0.25) is 4.79 Å². The van der Waals surface area contributed by atoms with Gasteiger partial charge in [-0.05, 0) is 49.2 Å². The molecule has 1 heterocycles. The Kier molecular flexibility index (Phi) is 4.90. The van der Waals surface area contributed by atoms with Gasteiger partial charge in [0.25, 0.3) is 0 Å². The number of carbonyl (C=O) groups excluding carboxylic acids is 1. The van der Waals surface area contributed by atoms with Gasteiger partial charge in [0.2, 0.25) is 5.91 Å². The zero-order valence-corrected chi connectivity index (χ0v) is 15.6. The maximum absolute atomic E-state index is 12.3. The molecule has 0 aliphatic rings. The van der Waals surface area contributed by atoms with Gasteiger partial charge in [0.1, 0.15) is 11.3 Å². The number of ether oxygens (including phenoxy) is 1. The van der Waals surface area contributed by atoms with E-state index in [1.54, 1.807) is 18.4 Å². The highest BCUT2D eigenvalue weighted by Gasteiger charge is 2.14. The number of rotatable bonds is 5. The Labute approximate surface area is 151 Å². The summed E-state index contributed by atoms with van der Waals surface area (Å²) in [6.45, 7) is 4.32. The maximum atomic E-state index is 12.3. The van der Waals surface area contributed by atoms with E-state index in [2.05, 4.69) is 17.2 Å². The number of nitrogens with zero attached hydrogens (tertiary/aromatic N) is 2. The third-order valence-electron chi connectivity index (χ3n) is 4.09. The highest BCUT2D eigenvalue weighted by atomic mass is 32.1. The number of nitrogens with one attached hydrogen (secondary N) is 1. The first-order valence-corrected chi connectivity index (χ1v) is 8.81. The molecular formula is C19H21N3O2S. The van der Waals surface area contributed by atoms with Crippen LogP contribution in [0, 0.1) is 13.8 Å². The van der Waals surface area contributed by atoms with E-state index in [1.165, 1.54) is 5.56 Å². The number of methoxy groups -OCH3 is 1. The molecule has 2 aromatic carbocycles. The maximum Gasteiger partial charge on any atom is 0.243 e. The second-order valence-electron chi connectivity index (χ2n) is 6.01. The molecule has 3 aromatic rings. The third kappa shape index (κ3) is 3.74.